The molecule has 0 saturated heterocycles. The first-order chi connectivity index (χ1) is 28.7. The zero-order chi connectivity index (χ0) is 42.1. The topological polar surface area (TPSA) is 69.6 Å². The van der Waals surface area contributed by atoms with Crippen LogP contribution in [0.5, 0.6) is 0 Å². The van der Waals surface area contributed by atoms with Gasteiger partial charge in [-0.25, -0.2) is 0 Å². The molecule has 0 aliphatic heterocycles. The van der Waals surface area contributed by atoms with Crippen LogP contribution in [0.1, 0.15) is 181 Å². The van der Waals surface area contributed by atoms with Gasteiger partial charge in [-0.2, -0.15) is 0 Å². The lowest BCUT2D eigenvalue weighted by molar-refractivity contribution is -0.123. The third-order valence-corrected chi connectivity index (χ3v) is 9.64. The van der Waals surface area contributed by atoms with E-state index in [0.717, 1.165) is 103 Å². The van der Waals surface area contributed by atoms with Crippen LogP contribution < -0.4 is 5.32 Å². The summed E-state index contributed by atoms with van der Waals surface area (Å²) in [7, 11) is 0. The Labute approximate surface area is 358 Å². The second-order valence-corrected chi connectivity index (χ2v) is 15.1. The summed E-state index contributed by atoms with van der Waals surface area (Å²) >= 11 is 0. The molecule has 2 unspecified atom stereocenters. The van der Waals surface area contributed by atoms with E-state index in [0.29, 0.717) is 6.42 Å². The van der Waals surface area contributed by atoms with Gasteiger partial charge in [0.25, 0.3) is 0 Å². The summed E-state index contributed by atoms with van der Waals surface area (Å²) in [5.41, 5.74) is 0. The minimum absolute atomic E-state index is 0.0886. The van der Waals surface area contributed by atoms with E-state index in [1.807, 2.05) is 6.08 Å². The zero-order valence-electron chi connectivity index (χ0n) is 37.3. The number of nitrogens with one attached hydrogen (secondary N) is 1. The summed E-state index contributed by atoms with van der Waals surface area (Å²) in [5, 5.41) is 22.9. The number of rotatable bonds is 40. The maximum atomic E-state index is 12.3. The molecule has 0 aliphatic rings. The van der Waals surface area contributed by atoms with Gasteiger partial charge in [0.15, 0.2) is 0 Å². The highest BCUT2D eigenvalue weighted by Gasteiger charge is 2.17. The Morgan fingerprint density at radius 2 is 0.759 bits per heavy atom. The Hall–Kier alpha value is -3.47. The largest absolute Gasteiger partial charge is 0.394 e. The zero-order valence-corrected chi connectivity index (χ0v) is 37.3. The van der Waals surface area contributed by atoms with Crippen LogP contribution in [-0.4, -0.2) is 34.9 Å². The smallest absolute Gasteiger partial charge is 0.220 e. The molecule has 0 saturated carbocycles. The van der Waals surface area contributed by atoms with Crippen molar-refractivity contribution in [3.63, 3.8) is 0 Å². The molecule has 326 valence electrons. The number of amides is 1. The Balaban J connectivity index is 3.68. The molecular formula is C54H87NO3. The van der Waals surface area contributed by atoms with Crippen molar-refractivity contribution in [2.24, 2.45) is 0 Å². The molecule has 0 fully saturated rings. The number of carbonyl (C=O) groups is 1. The Morgan fingerprint density at radius 3 is 1.14 bits per heavy atom. The fraction of sp³-hybridized carbons (Fsp3) is 0.574. The van der Waals surface area contributed by atoms with Crippen LogP contribution in [0, 0.1) is 0 Å². The highest BCUT2D eigenvalue weighted by atomic mass is 16.3. The van der Waals surface area contributed by atoms with Crippen molar-refractivity contribution < 1.29 is 15.0 Å². The van der Waals surface area contributed by atoms with E-state index in [2.05, 4.69) is 141 Å². The van der Waals surface area contributed by atoms with Crippen LogP contribution in [0.3, 0.4) is 0 Å². The molecule has 4 nitrogen and oxygen atoms in total. The highest BCUT2D eigenvalue weighted by molar-refractivity contribution is 5.76. The molecule has 2 atom stereocenters. The lowest BCUT2D eigenvalue weighted by atomic mass is 10.1. The molecule has 0 rings (SSSR count). The van der Waals surface area contributed by atoms with E-state index >= 15 is 0 Å². The molecule has 0 aromatic carbocycles. The van der Waals surface area contributed by atoms with Crippen LogP contribution in [-0.2, 0) is 4.79 Å². The maximum absolute atomic E-state index is 12.3. The molecule has 0 aliphatic carbocycles. The van der Waals surface area contributed by atoms with Gasteiger partial charge in [0.2, 0.25) is 5.91 Å². The summed E-state index contributed by atoms with van der Waals surface area (Å²) < 4.78 is 0. The Morgan fingerprint density at radius 1 is 0.431 bits per heavy atom. The first kappa shape index (κ1) is 54.5. The van der Waals surface area contributed by atoms with E-state index in [4.69, 9.17) is 0 Å². The van der Waals surface area contributed by atoms with Crippen LogP contribution in [0.2, 0.25) is 0 Å². The van der Waals surface area contributed by atoms with Crippen molar-refractivity contribution in [3.05, 3.63) is 134 Å². The van der Waals surface area contributed by atoms with Gasteiger partial charge in [-0.15, -0.1) is 0 Å². The maximum Gasteiger partial charge on any atom is 0.220 e. The summed E-state index contributed by atoms with van der Waals surface area (Å²) in [4.78, 5) is 12.3. The van der Waals surface area contributed by atoms with Gasteiger partial charge in [0.05, 0.1) is 18.8 Å². The van der Waals surface area contributed by atoms with Crippen molar-refractivity contribution in [2.45, 2.75) is 193 Å². The van der Waals surface area contributed by atoms with Gasteiger partial charge < -0.3 is 15.5 Å². The first-order valence-electron chi connectivity index (χ1n) is 23.4. The quantitative estimate of drug-likeness (QED) is 0.0427. The third kappa shape index (κ3) is 43.6. The number of hydrogen-bond donors (Lipinski definition) is 3. The van der Waals surface area contributed by atoms with E-state index in [1.165, 1.54) is 57.8 Å². The van der Waals surface area contributed by atoms with Gasteiger partial charge in [-0.1, -0.05) is 212 Å². The second kappa shape index (κ2) is 47.9. The number of aliphatic hydroxyl groups excluding tert-OH is 2. The summed E-state index contributed by atoms with van der Waals surface area (Å²) in [6, 6.07) is -0.637. The van der Waals surface area contributed by atoms with Crippen molar-refractivity contribution >= 4 is 5.91 Å². The van der Waals surface area contributed by atoms with Gasteiger partial charge in [-0.05, 0) is 96.3 Å². The fourth-order valence-corrected chi connectivity index (χ4v) is 6.09. The van der Waals surface area contributed by atoms with E-state index in [-0.39, 0.29) is 12.5 Å². The van der Waals surface area contributed by atoms with E-state index < -0.39 is 12.1 Å². The van der Waals surface area contributed by atoms with Crippen molar-refractivity contribution in [2.75, 3.05) is 6.61 Å². The molecule has 58 heavy (non-hydrogen) atoms. The molecule has 0 spiro atoms. The van der Waals surface area contributed by atoms with Gasteiger partial charge in [0.1, 0.15) is 0 Å². The van der Waals surface area contributed by atoms with Gasteiger partial charge >= 0.3 is 0 Å². The molecule has 4 heteroatoms. The van der Waals surface area contributed by atoms with Crippen molar-refractivity contribution in [1.29, 1.82) is 0 Å². The van der Waals surface area contributed by atoms with Crippen LogP contribution in [0.25, 0.3) is 0 Å². The molecular weight excluding hydrogens is 711 g/mol. The lowest BCUT2D eigenvalue weighted by Crippen LogP contribution is -2.45. The molecule has 3 N–H and O–H groups in total. The number of carbonyl (C=O) groups excluding carboxylic acids is 1. The van der Waals surface area contributed by atoms with Gasteiger partial charge in [-0.3, -0.25) is 4.79 Å². The second-order valence-electron chi connectivity index (χ2n) is 15.1. The fourth-order valence-electron chi connectivity index (χ4n) is 6.09. The third-order valence-electron chi connectivity index (χ3n) is 9.64. The SMILES string of the molecule is CC/C=C\C/C=C\C/C=C\C/C=C\C/C=C\C/C=C\C/C=C\C/C=C\C/C=C\C/C=C\CCCCCCCCC(=O)NC(CO)C(O)/C=C/CCCCCCCCC. The Kier molecular flexibility index (Phi) is 45.0. The van der Waals surface area contributed by atoms with Gasteiger partial charge in [0, 0.05) is 6.42 Å². The molecule has 0 bridgehead atoms. The predicted molar refractivity (Wildman–Crippen MR) is 257 cm³/mol. The number of unbranched alkanes of at least 4 members (excludes halogenated alkanes) is 13. The normalized spacial score (nSPS) is 14.2. The monoisotopic (exact) mass is 798 g/mol. The summed E-state index contributed by atoms with van der Waals surface area (Å²) in [6.45, 7) is 4.14. The molecule has 1 amide bonds. The predicted octanol–water partition coefficient (Wildman–Crippen LogP) is 15.1. The molecule has 0 radical (unpaired) electrons. The van der Waals surface area contributed by atoms with Crippen molar-refractivity contribution in [1.82, 2.24) is 5.32 Å². The minimum atomic E-state index is -0.852. The number of hydrogen-bond acceptors (Lipinski definition) is 3. The average molecular weight is 798 g/mol. The van der Waals surface area contributed by atoms with Crippen LogP contribution in [0.15, 0.2) is 134 Å². The van der Waals surface area contributed by atoms with E-state index in [9.17, 15) is 15.0 Å². The Bertz CT molecular complexity index is 1220. The number of aliphatic hydroxyl groups is 2. The lowest BCUT2D eigenvalue weighted by Gasteiger charge is -2.20. The summed E-state index contributed by atoms with van der Waals surface area (Å²) in [6.07, 6.45) is 75.7. The standard InChI is InChI=1S/C54H87NO3/c1-3-5-7-9-11-13-14-15-16-17-18-19-20-21-22-23-24-25-26-27-28-29-30-31-32-33-34-35-36-37-38-39-40-42-44-46-48-50-54(58)55-52(51-56)53(57)49-47-45-43-41-12-10-8-6-4-2/h5,7,11,13,15-16,18-19,21-22,24-25,27-28,30-31,33-34,36-37,47,49,52-53,56-57H,3-4,6,8-10,12,14,17,20,23,26,29,32,35,38-46,48,50-51H2,1-2H3,(H,55,58)/b7-5-,13-11-,16-15-,19-18-,22-21-,25-24-,28-27-,31-30-,34-33-,37-36-,49-47+. The molecule has 0 aromatic heterocycles. The first-order valence-corrected chi connectivity index (χ1v) is 23.4. The number of allylic oxidation sites excluding steroid dienone is 21. The van der Waals surface area contributed by atoms with Crippen LogP contribution >= 0.6 is 0 Å². The highest BCUT2D eigenvalue weighted by Crippen LogP contribution is 2.11. The summed E-state index contributed by atoms with van der Waals surface area (Å²) in [5.74, 6) is -0.0886. The van der Waals surface area contributed by atoms with Crippen LogP contribution in [0.4, 0.5) is 0 Å². The minimum Gasteiger partial charge on any atom is -0.394 e. The van der Waals surface area contributed by atoms with E-state index in [1.54, 1.807) is 6.08 Å². The van der Waals surface area contributed by atoms with Crippen molar-refractivity contribution in [3.8, 4) is 0 Å². The average Bonchev–Trinajstić information content (AvgIpc) is 3.23. The molecule has 0 aromatic rings. The molecule has 0 heterocycles.